The van der Waals surface area contributed by atoms with Gasteiger partial charge in [-0.05, 0) is 26.3 Å². The van der Waals surface area contributed by atoms with Crippen molar-refractivity contribution in [3.05, 3.63) is 35.4 Å². The lowest BCUT2D eigenvalue weighted by atomic mass is 10.1. The minimum Gasteiger partial charge on any atom is -0.324 e. The highest BCUT2D eigenvalue weighted by molar-refractivity contribution is 5.43. The van der Waals surface area contributed by atoms with Crippen molar-refractivity contribution in [3.8, 4) is 11.6 Å². The zero-order chi connectivity index (χ0) is 12.4. The van der Waals surface area contributed by atoms with E-state index in [9.17, 15) is 0 Å². The van der Waals surface area contributed by atoms with E-state index in [0.29, 0.717) is 11.6 Å². The number of hydrogen-bond acceptors (Lipinski definition) is 5. The largest absolute Gasteiger partial charge is 0.324 e. The molecule has 0 radical (unpaired) electrons. The second kappa shape index (κ2) is 4.55. The first-order valence-electron chi connectivity index (χ1n) is 5.46. The first-order valence-corrected chi connectivity index (χ1v) is 5.46. The number of aromatic nitrogens is 4. The van der Waals surface area contributed by atoms with E-state index in [-0.39, 0.29) is 6.04 Å². The molecule has 0 spiro atoms. The maximum Gasteiger partial charge on any atom is 0.197 e. The van der Waals surface area contributed by atoms with Gasteiger partial charge in [0.15, 0.2) is 11.6 Å². The van der Waals surface area contributed by atoms with Gasteiger partial charge in [0.2, 0.25) is 0 Å². The van der Waals surface area contributed by atoms with Gasteiger partial charge in [0.1, 0.15) is 0 Å². The lowest BCUT2D eigenvalue weighted by Gasteiger charge is -2.08. The van der Waals surface area contributed by atoms with E-state index in [4.69, 9.17) is 5.73 Å². The summed E-state index contributed by atoms with van der Waals surface area (Å²) in [6.07, 6.45) is 5.24. The molecule has 0 aromatic carbocycles. The summed E-state index contributed by atoms with van der Waals surface area (Å²) in [5.41, 5.74) is 8.64. The fraction of sp³-hybridized carbons (Fsp3) is 0.333. The van der Waals surface area contributed by atoms with E-state index >= 15 is 0 Å². The Morgan fingerprint density at radius 1 is 1.00 bits per heavy atom. The number of nitrogens with two attached hydrogens (primary N) is 1. The lowest BCUT2D eigenvalue weighted by molar-refractivity contribution is 0.789. The van der Waals surface area contributed by atoms with Crippen LogP contribution in [-0.2, 0) is 0 Å². The van der Waals surface area contributed by atoms with Gasteiger partial charge in [-0.1, -0.05) is 0 Å². The molecule has 5 nitrogen and oxygen atoms in total. The molecule has 0 aliphatic rings. The number of aryl methyl sites for hydroxylation is 2. The van der Waals surface area contributed by atoms with E-state index in [0.717, 1.165) is 16.8 Å². The van der Waals surface area contributed by atoms with Crippen LogP contribution in [0.2, 0.25) is 0 Å². The molecule has 0 fully saturated rings. The third-order valence-corrected chi connectivity index (χ3v) is 2.49. The normalized spacial score (nSPS) is 12.5. The molecule has 0 aliphatic heterocycles. The molecule has 0 amide bonds. The Morgan fingerprint density at radius 2 is 1.59 bits per heavy atom. The third kappa shape index (κ3) is 2.45. The molecule has 2 aromatic heterocycles. The van der Waals surface area contributed by atoms with Crippen molar-refractivity contribution in [3.63, 3.8) is 0 Å². The molecule has 1 atom stereocenters. The second-order valence-electron chi connectivity index (χ2n) is 4.11. The van der Waals surface area contributed by atoms with E-state index in [2.05, 4.69) is 19.9 Å². The highest BCUT2D eigenvalue weighted by atomic mass is 15.0. The molecular weight excluding hydrogens is 214 g/mol. The summed E-state index contributed by atoms with van der Waals surface area (Å²) in [4.78, 5) is 17.0. The van der Waals surface area contributed by atoms with E-state index < -0.39 is 0 Å². The van der Waals surface area contributed by atoms with Gasteiger partial charge in [-0.3, -0.25) is 0 Å². The van der Waals surface area contributed by atoms with Crippen molar-refractivity contribution < 1.29 is 0 Å². The van der Waals surface area contributed by atoms with E-state index in [1.54, 1.807) is 18.6 Å². The van der Waals surface area contributed by atoms with Gasteiger partial charge in [-0.25, -0.2) is 19.9 Å². The van der Waals surface area contributed by atoms with Crippen molar-refractivity contribution in [1.82, 2.24) is 19.9 Å². The molecular formula is C12H15N5. The molecule has 88 valence electrons. The molecule has 0 aliphatic carbocycles. The van der Waals surface area contributed by atoms with Crippen LogP contribution in [0.1, 0.15) is 29.8 Å². The second-order valence-corrected chi connectivity index (χ2v) is 4.11. The summed E-state index contributed by atoms with van der Waals surface area (Å²) in [5, 5.41) is 0. The number of hydrogen-bond donors (Lipinski definition) is 1. The van der Waals surface area contributed by atoms with Gasteiger partial charge in [-0.2, -0.15) is 0 Å². The summed E-state index contributed by atoms with van der Waals surface area (Å²) < 4.78 is 0. The fourth-order valence-corrected chi connectivity index (χ4v) is 1.54. The number of nitrogens with zero attached hydrogens (tertiary/aromatic N) is 4. The van der Waals surface area contributed by atoms with E-state index in [1.807, 2.05) is 20.8 Å². The molecule has 0 bridgehead atoms. The highest BCUT2D eigenvalue weighted by Crippen LogP contribution is 2.15. The van der Waals surface area contributed by atoms with Crippen LogP contribution in [0.5, 0.6) is 0 Å². The van der Waals surface area contributed by atoms with Crippen LogP contribution in [0.25, 0.3) is 11.6 Å². The molecule has 0 saturated heterocycles. The summed E-state index contributed by atoms with van der Waals surface area (Å²) >= 11 is 0. The molecule has 5 heteroatoms. The van der Waals surface area contributed by atoms with Gasteiger partial charge in [0.05, 0.1) is 0 Å². The summed E-state index contributed by atoms with van der Waals surface area (Å²) in [6, 6.07) is -0.0667. The summed E-state index contributed by atoms with van der Waals surface area (Å²) in [6.45, 7) is 5.76. The van der Waals surface area contributed by atoms with Crippen molar-refractivity contribution in [2.24, 2.45) is 5.73 Å². The van der Waals surface area contributed by atoms with Crippen LogP contribution < -0.4 is 5.73 Å². The monoisotopic (exact) mass is 229 g/mol. The van der Waals surface area contributed by atoms with E-state index in [1.165, 1.54) is 0 Å². The average Bonchev–Trinajstić information content (AvgIpc) is 2.29. The Kier molecular flexibility index (Phi) is 3.10. The van der Waals surface area contributed by atoms with Crippen LogP contribution >= 0.6 is 0 Å². The van der Waals surface area contributed by atoms with Gasteiger partial charge < -0.3 is 5.73 Å². The quantitative estimate of drug-likeness (QED) is 0.845. The summed E-state index contributed by atoms with van der Waals surface area (Å²) in [5.74, 6) is 1.07. The molecule has 2 aromatic rings. The van der Waals surface area contributed by atoms with Crippen LogP contribution in [-0.4, -0.2) is 19.9 Å². The standard InChI is InChI=1S/C12H15N5/c1-7-4-14-11(15-5-7)12-16-6-10(8(2)13)9(3)17-12/h4-6,8H,13H2,1-3H3. The predicted molar refractivity (Wildman–Crippen MR) is 65.1 cm³/mol. The molecule has 2 N–H and O–H groups in total. The first kappa shape index (κ1) is 11.6. The highest BCUT2D eigenvalue weighted by Gasteiger charge is 2.09. The molecule has 2 heterocycles. The zero-order valence-electron chi connectivity index (χ0n) is 10.2. The van der Waals surface area contributed by atoms with Gasteiger partial charge in [0, 0.05) is 35.9 Å². The Hall–Kier alpha value is -1.88. The third-order valence-electron chi connectivity index (χ3n) is 2.49. The Balaban J connectivity index is 2.41. The Labute approximate surface area is 100 Å². The minimum absolute atomic E-state index is 0.0667. The van der Waals surface area contributed by atoms with Crippen molar-refractivity contribution >= 4 is 0 Å². The van der Waals surface area contributed by atoms with Crippen LogP contribution in [0.3, 0.4) is 0 Å². The van der Waals surface area contributed by atoms with Crippen molar-refractivity contribution in [2.45, 2.75) is 26.8 Å². The topological polar surface area (TPSA) is 77.6 Å². The van der Waals surface area contributed by atoms with Crippen LogP contribution in [0.15, 0.2) is 18.6 Å². The van der Waals surface area contributed by atoms with Gasteiger partial charge in [-0.15, -0.1) is 0 Å². The molecule has 1 unspecified atom stereocenters. The van der Waals surface area contributed by atoms with Gasteiger partial charge >= 0.3 is 0 Å². The predicted octanol–water partition coefficient (Wildman–Crippen LogP) is 1.57. The van der Waals surface area contributed by atoms with Crippen molar-refractivity contribution in [2.75, 3.05) is 0 Å². The minimum atomic E-state index is -0.0667. The Bertz CT molecular complexity index is 519. The number of rotatable bonds is 2. The van der Waals surface area contributed by atoms with Crippen LogP contribution in [0.4, 0.5) is 0 Å². The zero-order valence-corrected chi connectivity index (χ0v) is 10.2. The van der Waals surface area contributed by atoms with Crippen LogP contribution in [0, 0.1) is 13.8 Å². The molecule has 2 rings (SSSR count). The lowest BCUT2D eigenvalue weighted by Crippen LogP contribution is -2.09. The summed E-state index contributed by atoms with van der Waals surface area (Å²) in [7, 11) is 0. The smallest absolute Gasteiger partial charge is 0.197 e. The van der Waals surface area contributed by atoms with Crippen molar-refractivity contribution in [1.29, 1.82) is 0 Å². The van der Waals surface area contributed by atoms with Gasteiger partial charge in [0.25, 0.3) is 0 Å². The molecule has 17 heavy (non-hydrogen) atoms. The first-order chi connectivity index (χ1) is 8.08. The SMILES string of the molecule is Cc1cnc(-c2ncc(C(C)N)c(C)n2)nc1. The maximum absolute atomic E-state index is 5.81. The maximum atomic E-state index is 5.81. The Morgan fingerprint density at radius 3 is 2.12 bits per heavy atom. The molecule has 0 saturated carbocycles. The average molecular weight is 229 g/mol. The fourth-order valence-electron chi connectivity index (χ4n) is 1.54.